The van der Waals surface area contributed by atoms with Gasteiger partial charge in [-0.3, -0.25) is 13.8 Å². The molecule has 8 nitrogen and oxygen atoms in total. The second kappa shape index (κ2) is 36.2. The van der Waals surface area contributed by atoms with E-state index in [-0.39, 0.29) is 32.2 Å². The van der Waals surface area contributed by atoms with Crippen molar-refractivity contribution in [3.63, 3.8) is 0 Å². The van der Waals surface area contributed by atoms with Crippen molar-refractivity contribution in [3.05, 3.63) is 60.8 Å². The van der Waals surface area contributed by atoms with Crippen LogP contribution in [0, 0.1) is 0 Å². The zero-order chi connectivity index (χ0) is 38.4. The number of carbonyl (C=O) groups excluding carboxylic acids is 1. The maximum atomic E-state index is 12.6. The van der Waals surface area contributed by atoms with Crippen LogP contribution in [0.2, 0.25) is 0 Å². The number of quaternary nitrogens is 1. The van der Waals surface area contributed by atoms with E-state index in [0.717, 1.165) is 70.6 Å². The number of hydrogen-bond donors (Lipinski definition) is 1. The average molecular weight is 753 g/mol. The van der Waals surface area contributed by atoms with Crippen LogP contribution in [0.3, 0.4) is 0 Å². The van der Waals surface area contributed by atoms with Crippen molar-refractivity contribution in [1.29, 1.82) is 0 Å². The van der Waals surface area contributed by atoms with Crippen LogP contribution < -0.4 is 0 Å². The summed E-state index contributed by atoms with van der Waals surface area (Å²) in [5.41, 5.74) is 0. The number of ether oxygens (including phenoxy) is 2. The molecule has 9 heteroatoms. The monoisotopic (exact) mass is 753 g/mol. The number of phosphoric acid groups is 1. The number of hydrogen-bond acceptors (Lipinski definition) is 6. The molecule has 0 aliphatic carbocycles. The maximum absolute atomic E-state index is 12.6. The lowest BCUT2D eigenvalue weighted by molar-refractivity contribution is -0.870. The SMILES string of the molecule is CC/C=C\C/C=C\C/C=C\C/C=C\C/C=C\CCCCCC(=O)OC(COCCCCCCCCCCCCC)COP(=O)(O)OCC[N+](C)(C)C. The van der Waals surface area contributed by atoms with E-state index in [1.54, 1.807) is 0 Å². The molecule has 0 bridgehead atoms. The van der Waals surface area contributed by atoms with E-state index in [0.29, 0.717) is 17.6 Å². The van der Waals surface area contributed by atoms with Gasteiger partial charge in [0.15, 0.2) is 0 Å². The van der Waals surface area contributed by atoms with Gasteiger partial charge < -0.3 is 18.9 Å². The first-order valence-electron chi connectivity index (χ1n) is 20.5. The molecule has 0 aromatic carbocycles. The van der Waals surface area contributed by atoms with E-state index in [1.807, 2.05) is 21.1 Å². The van der Waals surface area contributed by atoms with Crippen molar-refractivity contribution < 1.29 is 37.3 Å². The lowest BCUT2D eigenvalue weighted by atomic mass is 10.1. The predicted molar refractivity (Wildman–Crippen MR) is 219 cm³/mol. The number of likely N-dealkylation sites (N-methyl/N-ethyl adjacent to an activating group) is 1. The molecule has 0 saturated carbocycles. The van der Waals surface area contributed by atoms with Gasteiger partial charge in [-0.1, -0.05) is 145 Å². The van der Waals surface area contributed by atoms with Crippen LogP contribution in [0.1, 0.15) is 149 Å². The maximum Gasteiger partial charge on any atom is 0.472 e. The van der Waals surface area contributed by atoms with E-state index in [2.05, 4.69) is 74.6 Å². The van der Waals surface area contributed by atoms with Crippen molar-refractivity contribution in [3.8, 4) is 0 Å². The summed E-state index contributed by atoms with van der Waals surface area (Å²) >= 11 is 0. The van der Waals surface area contributed by atoms with Crippen molar-refractivity contribution in [2.75, 3.05) is 54.1 Å². The Morgan fingerprint density at radius 1 is 0.615 bits per heavy atom. The smallest absolute Gasteiger partial charge is 0.457 e. The molecule has 302 valence electrons. The van der Waals surface area contributed by atoms with Crippen molar-refractivity contribution >= 4 is 13.8 Å². The molecule has 52 heavy (non-hydrogen) atoms. The number of carbonyl (C=O) groups is 1. The normalized spacial score (nSPS) is 14.5. The third-order valence-corrected chi connectivity index (χ3v) is 9.33. The molecule has 0 rings (SSSR count). The van der Waals surface area contributed by atoms with Crippen LogP contribution in [0.5, 0.6) is 0 Å². The molecule has 0 aromatic rings. The highest BCUT2D eigenvalue weighted by molar-refractivity contribution is 7.47. The van der Waals surface area contributed by atoms with E-state index in [4.69, 9.17) is 18.5 Å². The summed E-state index contributed by atoms with van der Waals surface area (Å²) in [6.07, 6.45) is 43.9. The first-order chi connectivity index (χ1) is 25.1. The fourth-order valence-corrected chi connectivity index (χ4v) is 5.91. The third-order valence-electron chi connectivity index (χ3n) is 8.34. The van der Waals surface area contributed by atoms with E-state index in [9.17, 15) is 14.3 Å². The van der Waals surface area contributed by atoms with Gasteiger partial charge in [0.1, 0.15) is 19.3 Å². The molecule has 0 aliphatic rings. The number of esters is 1. The summed E-state index contributed by atoms with van der Waals surface area (Å²) in [6, 6.07) is 0. The summed E-state index contributed by atoms with van der Waals surface area (Å²) in [4.78, 5) is 22.8. The average Bonchev–Trinajstić information content (AvgIpc) is 3.09. The zero-order valence-electron chi connectivity index (χ0n) is 34.0. The highest BCUT2D eigenvalue weighted by Gasteiger charge is 2.26. The van der Waals surface area contributed by atoms with Crippen LogP contribution in [0.25, 0.3) is 0 Å². The van der Waals surface area contributed by atoms with Gasteiger partial charge in [-0.05, 0) is 57.8 Å². The Balaban J connectivity index is 4.34. The minimum Gasteiger partial charge on any atom is -0.457 e. The molecule has 0 fully saturated rings. The minimum atomic E-state index is -4.28. The highest BCUT2D eigenvalue weighted by Crippen LogP contribution is 2.43. The molecule has 0 saturated heterocycles. The number of phosphoric ester groups is 1. The molecular formula is C43H79NO7P+. The molecule has 0 heterocycles. The van der Waals surface area contributed by atoms with E-state index < -0.39 is 13.9 Å². The number of allylic oxidation sites excluding steroid dienone is 10. The molecule has 2 atom stereocenters. The largest absolute Gasteiger partial charge is 0.472 e. The summed E-state index contributed by atoms with van der Waals surface area (Å²) < 4.78 is 34.9. The molecule has 0 aromatic heterocycles. The first-order valence-corrected chi connectivity index (χ1v) is 22.0. The zero-order valence-corrected chi connectivity index (χ0v) is 34.9. The van der Waals surface area contributed by atoms with Gasteiger partial charge in [0.05, 0.1) is 34.4 Å². The Kier molecular flexibility index (Phi) is 34.9. The first kappa shape index (κ1) is 50.2. The Hall–Kier alpha value is -1.80. The third kappa shape index (κ3) is 39.4. The van der Waals surface area contributed by atoms with Crippen molar-refractivity contribution in [2.24, 2.45) is 0 Å². The molecule has 0 radical (unpaired) electrons. The summed E-state index contributed by atoms with van der Waals surface area (Å²) in [5.74, 6) is -0.347. The Morgan fingerprint density at radius 2 is 1.12 bits per heavy atom. The van der Waals surface area contributed by atoms with Gasteiger partial charge in [-0.2, -0.15) is 0 Å². The van der Waals surface area contributed by atoms with Crippen LogP contribution in [-0.4, -0.2) is 75.6 Å². The fourth-order valence-electron chi connectivity index (χ4n) is 5.17. The van der Waals surface area contributed by atoms with E-state index in [1.165, 1.54) is 57.8 Å². The second-order valence-electron chi connectivity index (χ2n) is 14.6. The molecule has 2 unspecified atom stereocenters. The predicted octanol–water partition coefficient (Wildman–Crippen LogP) is 11.8. The Bertz CT molecular complexity index is 1020. The van der Waals surface area contributed by atoms with Gasteiger partial charge in [-0.15, -0.1) is 0 Å². The molecule has 0 aliphatic heterocycles. The lowest BCUT2D eigenvalue weighted by Crippen LogP contribution is -2.37. The van der Waals surface area contributed by atoms with E-state index >= 15 is 0 Å². The van der Waals surface area contributed by atoms with Crippen molar-refractivity contribution in [1.82, 2.24) is 0 Å². The molecular weight excluding hydrogens is 673 g/mol. The number of unbranched alkanes of at least 4 members (excludes halogenated alkanes) is 13. The quantitative estimate of drug-likeness (QED) is 0.0222. The minimum absolute atomic E-state index is 0.0801. The van der Waals surface area contributed by atoms with Crippen LogP contribution in [-0.2, 0) is 27.9 Å². The van der Waals surface area contributed by atoms with Gasteiger partial charge in [0, 0.05) is 13.0 Å². The van der Waals surface area contributed by atoms with Crippen LogP contribution in [0.15, 0.2) is 60.8 Å². The lowest BCUT2D eigenvalue weighted by Gasteiger charge is -2.24. The number of nitrogens with zero attached hydrogens (tertiary/aromatic N) is 1. The summed E-state index contributed by atoms with van der Waals surface area (Å²) in [7, 11) is 1.64. The second-order valence-corrected chi connectivity index (χ2v) is 16.1. The van der Waals surface area contributed by atoms with Crippen LogP contribution >= 0.6 is 7.82 Å². The molecule has 0 spiro atoms. The van der Waals surface area contributed by atoms with Gasteiger partial charge >= 0.3 is 13.8 Å². The number of rotatable bonds is 37. The van der Waals surface area contributed by atoms with Crippen molar-refractivity contribution in [2.45, 2.75) is 155 Å². The topological polar surface area (TPSA) is 91.3 Å². The summed E-state index contributed by atoms with van der Waals surface area (Å²) in [5, 5.41) is 0. The Labute approximate surface area is 320 Å². The molecule has 0 amide bonds. The van der Waals surface area contributed by atoms with Gasteiger partial charge in [0.2, 0.25) is 0 Å². The Morgan fingerprint density at radius 3 is 1.65 bits per heavy atom. The fraction of sp³-hybridized carbons (Fsp3) is 0.744. The standard InChI is InChI=1S/C43H78NO7P/c1-6-8-10-12-14-16-18-19-20-21-22-23-24-25-26-28-30-32-34-36-43(45)51-42(41-50-52(46,47)49-39-37-44(3,4)5)40-48-38-35-33-31-29-27-17-15-13-11-9-7-2/h8,10,14,16,19-20,22-23,25-26,42H,6-7,9,11-13,15,17-18,21,24,27-41H2,1-5H3/p+1/b10-8-,16-14-,20-19-,23-22-,26-25-. The van der Waals surface area contributed by atoms with Gasteiger partial charge in [0.25, 0.3) is 0 Å². The highest BCUT2D eigenvalue weighted by atomic mass is 31.2. The molecule has 1 N–H and O–H groups in total. The van der Waals surface area contributed by atoms with Crippen LogP contribution in [0.4, 0.5) is 0 Å². The van der Waals surface area contributed by atoms with Gasteiger partial charge in [-0.25, -0.2) is 4.57 Å². The summed E-state index contributed by atoms with van der Waals surface area (Å²) in [6.45, 7) is 5.44.